The molecular formula is C36H32F3N3O2. The first-order chi connectivity index (χ1) is 21.2. The molecule has 1 heterocycles. The summed E-state index contributed by atoms with van der Waals surface area (Å²) in [6.45, 7) is 5.40. The van der Waals surface area contributed by atoms with Crippen LogP contribution in [-0.4, -0.2) is 36.3 Å². The Labute approximate surface area is 254 Å². The first-order valence-electron chi connectivity index (χ1n) is 14.3. The van der Waals surface area contributed by atoms with E-state index in [9.17, 15) is 22.8 Å². The number of hydrogen-bond donors (Lipinski definition) is 2. The highest BCUT2D eigenvalue weighted by Crippen LogP contribution is 2.33. The zero-order chi connectivity index (χ0) is 31.1. The van der Waals surface area contributed by atoms with Gasteiger partial charge in [-0.1, -0.05) is 84.9 Å². The van der Waals surface area contributed by atoms with E-state index in [1.807, 2.05) is 54.6 Å². The van der Waals surface area contributed by atoms with Crippen molar-refractivity contribution < 1.29 is 22.8 Å². The Morgan fingerprint density at radius 3 is 2.16 bits per heavy atom. The molecule has 0 aliphatic carbocycles. The number of nitrogens with zero attached hydrogens (tertiary/aromatic N) is 1. The van der Waals surface area contributed by atoms with Crippen molar-refractivity contribution in [2.45, 2.75) is 18.6 Å². The van der Waals surface area contributed by atoms with Crippen LogP contribution >= 0.6 is 0 Å². The second kappa shape index (κ2) is 13.6. The lowest BCUT2D eigenvalue weighted by Crippen LogP contribution is -2.42. The van der Waals surface area contributed by atoms with Gasteiger partial charge >= 0.3 is 6.18 Å². The Hall–Kier alpha value is -4.95. The van der Waals surface area contributed by atoms with Crippen LogP contribution in [0.25, 0.3) is 16.7 Å². The number of benzene rings is 4. The topological polar surface area (TPSA) is 61.4 Å². The Morgan fingerprint density at radius 1 is 0.864 bits per heavy atom. The maximum atomic E-state index is 13.2. The van der Waals surface area contributed by atoms with Crippen LogP contribution in [0.5, 0.6) is 0 Å². The smallest absolute Gasteiger partial charge is 0.351 e. The SMILES string of the molecule is C=CCNC(=O)C(c1ccccc1)N1CC=C(c2ccc(NC(=O)c3ccccc3-c3ccc(C(F)(F)F)cc3)cc2)CC1. The molecule has 0 saturated carbocycles. The minimum atomic E-state index is -4.43. The van der Waals surface area contributed by atoms with Crippen molar-refractivity contribution in [3.05, 3.63) is 144 Å². The lowest BCUT2D eigenvalue weighted by Gasteiger charge is -2.33. The van der Waals surface area contributed by atoms with Gasteiger partial charge in [-0.3, -0.25) is 14.5 Å². The summed E-state index contributed by atoms with van der Waals surface area (Å²) in [5, 5.41) is 5.84. The number of carbonyl (C=O) groups is 2. The van der Waals surface area contributed by atoms with Crippen LogP contribution in [0.3, 0.4) is 0 Å². The molecule has 224 valence electrons. The van der Waals surface area contributed by atoms with Gasteiger partial charge in [-0.15, -0.1) is 6.58 Å². The van der Waals surface area contributed by atoms with Crippen molar-refractivity contribution >= 4 is 23.1 Å². The molecule has 2 amide bonds. The molecule has 0 spiro atoms. The normalized spacial score (nSPS) is 14.3. The third kappa shape index (κ3) is 7.15. The Kier molecular flexibility index (Phi) is 9.41. The fourth-order valence-corrected chi connectivity index (χ4v) is 5.35. The third-order valence-corrected chi connectivity index (χ3v) is 7.60. The van der Waals surface area contributed by atoms with E-state index in [0.717, 1.165) is 35.3 Å². The fourth-order valence-electron chi connectivity index (χ4n) is 5.35. The van der Waals surface area contributed by atoms with Crippen molar-refractivity contribution in [1.29, 1.82) is 0 Å². The molecule has 4 aromatic rings. The van der Waals surface area contributed by atoms with Gasteiger partial charge in [0, 0.05) is 30.9 Å². The summed E-state index contributed by atoms with van der Waals surface area (Å²) in [4.78, 5) is 28.4. The van der Waals surface area contributed by atoms with Crippen LogP contribution in [0.1, 0.15) is 39.5 Å². The van der Waals surface area contributed by atoms with Crippen molar-refractivity contribution in [3.8, 4) is 11.1 Å². The molecule has 1 unspecified atom stereocenters. The van der Waals surface area contributed by atoms with E-state index in [4.69, 9.17) is 0 Å². The predicted octanol–water partition coefficient (Wildman–Crippen LogP) is 7.76. The van der Waals surface area contributed by atoms with Gasteiger partial charge in [0.2, 0.25) is 5.91 Å². The zero-order valence-electron chi connectivity index (χ0n) is 24.0. The van der Waals surface area contributed by atoms with Crippen molar-refractivity contribution in [2.24, 2.45) is 0 Å². The van der Waals surface area contributed by atoms with Crippen LogP contribution < -0.4 is 10.6 Å². The maximum absolute atomic E-state index is 13.2. The van der Waals surface area contributed by atoms with E-state index >= 15 is 0 Å². The summed E-state index contributed by atoms with van der Waals surface area (Å²) in [6, 6.07) is 28.5. The van der Waals surface area contributed by atoms with E-state index < -0.39 is 17.8 Å². The van der Waals surface area contributed by atoms with Gasteiger partial charge in [0.25, 0.3) is 5.91 Å². The molecule has 5 rings (SSSR count). The largest absolute Gasteiger partial charge is 0.416 e. The average molecular weight is 596 g/mol. The molecule has 44 heavy (non-hydrogen) atoms. The number of hydrogen-bond acceptors (Lipinski definition) is 3. The highest BCUT2D eigenvalue weighted by molar-refractivity contribution is 6.08. The van der Waals surface area contributed by atoms with E-state index in [0.29, 0.717) is 42.0 Å². The molecule has 1 atom stereocenters. The van der Waals surface area contributed by atoms with E-state index in [-0.39, 0.29) is 11.8 Å². The quantitative estimate of drug-likeness (QED) is 0.195. The maximum Gasteiger partial charge on any atom is 0.416 e. The van der Waals surface area contributed by atoms with Crippen molar-refractivity contribution in [1.82, 2.24) is 10.2 Å². The first-order valence-corrected chi connectivity index (χ1v) is 14.3. The molecular weight excluding hydrogens is 563 g/mol. The van der Waals surface area contributed by atoms with E-state index in [1.165, 1.54) is 12.1 Å². The van der Waals surface area contributed by atoms with Gasteiger partial charge in [-0.05, 0) is 64.6 Å². The molecule has 0 bridgehead atoms. The Balaban J connectivity index is 1.27. The summed E-state index contributed by atoms with van der Waals surface area (Å²) in [6.07, 6.45) is 0.123. The molecule has 0 radical (unpaired) electrons. The van der Waals surface area contributed by atoms with E-state index in [2.05, 4.69) is 28.2 Å². The van der Waals surface area contributed by atoms with E-state index in [1.54, 1.807) is 30.3 Å². The van der Waals surface area contributed by atoms with Gasteiger partial charge in [0.15, 0.2) is 0 Å². The minimum Gasteiger partial charge on any atom is -0.351 e. The van der Waals surface area contributed by atoms with Gasteiger partial charge in [0.05, 0.1) is 5.56 Å². The average Bonchev–Trinajstić information content (AvgIpc) is 3.05. The first kappa shape index (κ1) is 30.5. The molecule has 8 heteroatoms. The fraction of sp³-hybridized carbons (Fsp3) is 0.167. The number of halogens is 3. The Morgan fingerprint density at radius 2 is 1.52 bits per heavy atom. The second-order valence-electron chi connectivity index (χ2n) is 10.5. The molecule has 0 saturated heterocycles. The zero-order valence-corrected chi connectivity index (χ0v) is 24.0. The number of amides is 2. The minimum absolute atomic E-state index is 0.0621. The van der Waals surface area contributed by atoms with Crippen LogP contribution in [0.15, 0.2) is 122 Å². The molecule has 0 aromatic heterocycles. The summed E-state index contributed by atoms with van der Waals surface area (Å²) in [7, 11) is 0. The van der Waals surface area contributed by atoms with Gasteiger partial charge in [-0.2, -0.15) is 13.2 Å². The predicted molar refractivity (Wildman–Crippen MR) is 168 cm³/mol. The standard InChI is InChI=1S/C36H32F3N3O2/c1-2-22-40-35(44)33(28-8-4-3-5-9-28)42-23-20-26(21-24-42)25-14-18-30(19-15-25)41-34(43)32-11-7-6-10-31(32)27-12-16-29(17-13-27)36(37,38)39/h2-20,33H,1,21-24H2,(H,40,44)(H,41,43). The lowest BCUT2D eigenvalue weighted by atomic mass is 9.96. The molecule has 0 fully saturated rings. The van der Waals surface area contributed by atoms with Crippen LogP contribution in [0, 0.1) is 0 Å². The molecule has 4 aromatic carbocycles. The van der Waals surface area contributed by atoms with Crippen LogP contribution in [0.2, 0.25) is 0 Å². The second-order valence-corrected chi connectivity index (χ2v) is 10.5. The summed E-state index contributed by atoms with van der Waals surface area (Å²) < 4.78 is 39.0. The third-order valence-electron chi connectivity index (χ3n) is 7.60. The number of carbonyl (C=O) groups excluding carboxylic acids is 2. The van der Waals surface area contributed by atoms with Crippen molar-refractivity contribution in [2.75, 3.05) is 25.0 Å². The number of nitrogens with one attached hydrogen (secondary N) is 2. The molecule has 2 N–H and O–H groups in total. The van der Waals surface area contributed by atoms with Gasteiger partial charge in [-0.25, -0.2) is 0 Å². The highest BCUT2D eigenvalue weighted by Gasteiger charge is 2.30. The van der Waals surface area contributed by atoms with Gasteiger partial charge in [0.1, 0.15) is 6.04 Å². The molecule has 1 aliphatic heterocycles. The summed E-state index contributed by atoms with van der Waals surface area (Å²) in [5.41, 5.74) is 4.40. The molecule has 5 nitrogen and oxygen atoms in total. The number of anilines is 1. The summed E-state index contributed by atoms with van der Waals surface area (Å²) in [5.74, 6) is -0.421. The lowest BCUT2D eigenvalue weighted by molar-refractivity contribution is -0.137. The summed E-state index contributed by atoms with van der Waals surface area (Å²) >= 11 is 0. The molecule has 1 aliphatic rings. The van der Waals surface area contributed by atoms with Crippen LogP contribution in [0.4, 0.5) is 18.9 Å². The monoisotopic (exact) mass is 595 g/mol. The number of rotatable bonds is 9. The van der Waals surface area contributed by atoms with Crippen LogP contribution in [-0.2, 0) is 11.0 Å². The van der Waals surface area contributed by atoms with Crippen molar-refractivity contribution in [3.63, 3.8) is 0 Å². The number of alkyl halides is 3. The highest BCUT2D eigenvalue weighted by atomic mass is 19.4. The Bertz CT molecular complexity index is 1650. The van der Waals surface area contributed by atoms with Gasteiger partial charge < -0.3 is 10.6 Å².